The van der Waals surface area contributed by atoms with Crippen molar-refractivity contribution in [1.29, 1.82) is 0 Å². The van der Waals surface area contributed by atoms with E-state index in [9.17, 15) is 4.79 Å². The van der Waals surface area contributed by atoms with E-state index < -0.39 is 0 Å². The zero-order valence-corrected chi connectivity index (χ0v) is 15.7. The number of carbonyl (C=O) groups excluding carboxylic acids is 1. The number of aromatic nitrogens is 1. The largest absolute Gasteiger partial charge is 0.497 e. The molecule has 28 heavy (non-hydrogen) atoms. The summed E-state index contributed by atoms with van der Waals surface area (Å²) in [6, 6.07) is 18.4. The molecule has 144 valence electrons. The fourth-order valence-corrected chi connectivity index (χ4v) is 2.50. The minimum Gasteiger partial charge on any atom is -0.497 e. The van der Waals surface area contributed by atoms with Crippen LogP contribution in [0.15, 0.2) is 72.0 Å². The Morgan fingerprint density at radius 1 is 0.964 bits per heavy atom. The lowest BCUT2D eigenvalue weighted by atomic mass is 10.3. The molecule has 0 saturated heterocycles. The molecule has 0 aliphatic heterocycles. The number of ether oxygens (including phenoxy) is 3. The van der Waals surface area contributed by atoms with Crippen molar-refractivity contribution in [3.8, 4) is 22.9 Å². The number of hydrogen-bond acceptors (Lipinski definition) is 5. The van der Waals surface area contributed by atoms with Gasteiger partial charge in [-0.1, -0.05) is 0 Å². The normalized spacial score (nSPS) is 10.6. The van der Waals surface area contributed by atoms with Crippen molar-refractivity contribution in [1.82, 2.24) is 9.99 Å². The molecule has 1 amide bonds. The highest BCUT2D eigenvalue weighted by atomic mass is 16.5. The van der Waals surface area contributed by atoms with Crippen LogP contribution in [-0.4, -0.2) is 37.5 Å². The molecule has 3 rings (SSSR count). The van der Waals surface area contributed by atoms with Gasteiger partial charge >= 0.3 is 0 Å². The number of nitrogens with one attached hydrogen (secondary N) is 1. The third-order valence-electron chi connectivity index (χ3n) is 3.95. The number of benzene rings is 2. The Morgan fingerprint density at radius 2 is 1.57 bits per heavy atom. The molecule has 2 aromatic carbocycles. The van der Waals surface area contributed by atoms with Gasteiger partial charge in [-0.3, -0.25) is 4.79 Å². The van der Waals surface area contributed by atoms with E-state index in [0.29, 0.717) is 5.75 Å². The molecule has 0 radical (unpaired) electrons. The van der Waals surface area contributed by atoms with E-state index in [1.54, 1.807) is 44.7 Å². The summed E-state index contributed by atoms with van der Waals surface area (Å²) in [6.07, 6.45) is 3.49. The standard InChI is InChI=1S/C21H21N3O4/c1-26-18-7-5-16(6-8-18)24-13-3-4-17(24)14-22-23-21(25)15-28-20-11-9-19(27-2)10-12-20/h3-14H,15H2,1-2H3,(H,23,25)/b22-14-. The number of hydrogen-bond donors (Lipinski definition) is 1. The summed E-state index contributed by atoms with van der Waals surface area (Å²) in [6.45, 7) is -0.136. The van der Waals surface area contributed by atoms with Gasteiger partial charge in [-0.15, -0.1) is 0 Å². The van der Waals surface area contributed by atoms with Crippen molar-refractivity contribution in [2.24, 2.45) is 5.10 Å². The summed E-state index contributed by atoms with van der Waals surface area (Å²) in [5.41, 5.74) is 4.24. The third-order valence-corrected chi connectivity index (χ3v) is 3.95. The van der Waals surface area contributed by atoms with Crippen LogP contribution in [0.3, 0.4) is 0 Å². The summed E-state index contributed by atoms with van der Waals surface area (Å²) < 4.78 is 17.6. The van der Waals surface area contributed by atoms with Crippen molar-refractivity contribution < 1.29 is 19.0 Å². The highest BCUT2D eigenvalue weighted by Crippen LogP contribution is 2.17. The molecule has 0 saturated carbocycles. The van der Waals surface area contributed by atoms with Gasteiger partial charge < -0.3 is 18.8 Å². The van der Waals surface area contributed by atoms with E-state index in [1.165, 1.54) is 0 Å². The summed E-state index contributed by atoms with van der Waals surface area (Å²) >= 11 is 0. The fraction of sp³-hybridized carbons (Fsp3) is 0.143. The SMILES string of the molecule is COc1ccc(OCC(=O)N/N=C\c2cccn2-c2ccc(OC)cc2)cc1. The molecule has 0 atom stereocenters. The fourth-order valence-electron chi connectivity index (χ4n) is 2.50. The van der Waals surface area contributed by atoms with Gasteiger partial charge in [-0.05, 0) is 60.7 Å². The average Bonchev–Trinajstić information content (AvgIpc) is 3.21. The van der Waals surface area contributed by atoms with Gasteiger partial charge in [0, 0.05) is 11.9 Å². The number of carbonyl (C=O) groups is 1. The Labute approximate surface area is 163 Å². The van der Waals surface area contributed by atoms with Crippen molar-refractivity contribution >= 4 is 12.1 Å². The predicted molar refractivity (Wildman–Crippen MR) is 107 cm³/mol. The Morgan fingerprint density at radius 3 is 2.21 bits per heavy atom. The lowest BCUT2D eigenvalue weighted by Gasteiger charge is -2.08. The van der Waals surface area contributed by atoms with Gasteiger partial charge in [-0.25, -0.2) is 5.43 Å². The lowest BCUT2D eigenvalue weighted by molar-refractivity contribution is -0.123. The van der Waals surface area contributed by atoms with Gasteiger partial charge in [0.15, 0.2) is 6.61 Å². The Bertz CT molecular complexity index is 931. The predicted octanol–water partition coefficient (Wildman–Crippen LogP) is 3.02. The quantitative estimate of drug-likeness (QED) is 0.482. The van der Waals surface area contributed by atoms with E-state index >= 15 is 0 Å². The second-order valence-corrected chi connectivity index (χ2v) is 5.76. The van der Waals surface area contributed by atoms with Crippen molar-refractivity contribution in [2.75, 3.05) is 20.8 Å². The molecule has 0 spiro atoms. The average molecular weight is 379 g/mol. The molecule has 3 aromatic rings. The Hall–Kier alpha value is -3.74. The molecule has 1 aromatic heterocycles. The molecule has 0 aliphatic carbocycles. The number of methoxy groups -OCH3 is 2. The number of hydrazone groups is 1. The Kier molecular flexibility index (Phi) is 6.30. The number of amides is 1. The minimum absolute atomic E-state index is 0.136. The first-order valence-corrected chi connectivity index (χ1v) is 8.60. The lowest BCUT2D eigenvalue weighted by Crippen LogP contribution is -2.24. The van der Waals surface area contributed by atoms with E-state index in [2.05, 4.69) is 10.5 Å². The molecule has 7 heteroatoms. The zero-order valence-electron chi connectivity index (χ0n) is 15.7. The molecule has 1 heterocycles. The maximum atomic E-state index is 11.9. The van der Waals surface area contributed by atoms with E-state index in [1.807, 2.05) is 47.2 Å². The number of nitrogens with zero attached hydrogens (tertiary/aromatic N) is 2. The molecule has 0 aliphatic rings. The molecule has 7 nitrogen and oxygen atoms in total. The molecule has 0 fully saturated rings. The van der Waals surface area contributed by atoms with Crippen LogP contribution >= 0.6 is 0 Å². The maximum Gasteiger partial charge on any atom is 0.277 e. The molecule has 0 unspecified atom stereocenters. The molecule has 1 N–H and O–H groups in total. The summed E-state index contributed by atoms with van der Waals surface area (Å²) in [7, 11) is 3.22. The summed E-state index contributed by atoms with van der Waals surface area (Å²) in [5, 5.41) is 4.00. The summed E-state index contributed by atoms with van der Waals surface area (Å²) in [5.74, 6) is 1.74. The highest BCUT2D eigenvalue weighted by Gasteiger charge is 2.04. The van der Waals surface area contributed by atoms with Crippen LogP contribution in [0.2, 0.25) is 0 Å². The van der Waals surface area contributed by atoms with Crippen LogP contribution in [0, 0.1) is 0 Å². The van der Waals surface area contributed by atoms with E-state index in [0.717, 1.165) is 22.9 Å². The zero-order chi connectivity index (χ0) is 19.8. The topological polar surface area (TPSA) is 74.1 Å². The van der Waals surface area contributed by atoms with Crippen LogP contribution < -0.4 is 19.6 Å². The van der Waals surface area contributed by atoms with Gasteiger partial charge in [0.2, 0.25) is 0 Å². The summed E-state index contributed by atoms with van der Waals surface area (Å²) in [4.78, 5) is 11.9. The first-order chi connectivity index (χ1) is 13.7. The molecule has 0 bridgehead atoms. The first kappa shape index (κ1) is 19.0. The second-order valence-electron chi connectivity index (χ2n) is 5.76. The van der Waals surface area contributed by atoms with Crippen LogP contribution in [0.5, 0.6) is 17.2 Å². The van der Waals surface area contributed by atoms with E-state index in [4.69, 9.17) is 14.2 Å². The third kappa shape index (κ3) is 4.91. The van der Waals surface area contributed by atoms with Gasteiger partial charge in [0.05, 0.1) is 26.1 Å². The monoisotopic (exact) mass is 379 g/mol. The van der Waals surface area contributed by atoms with Crippen LogP contribution in [0.25, 0.3) is 5.69 Å². The highest BCUT2D eigenvalue weighted by molar-refractivity contribution is 5.82. The minimum atomic E-state index is -0.352. The van der Waals surface area contributed by atoms with Crippen LogP contribution in [0.4, 0.5) is 0 Å². The second kappa shape index (κ2) is 9.27. The van der Waals surface area contributed by atoms with Gasteiger partial charge in [-0.2, -0.15) is 5.10 Å². The molecular weight excluding hydrogens is 358 g/mol. The van der Waals surface area contributed by atoms with E-state index in [-0.39, 0.29) is 12.5 Å². The van der Waals surface area contributed by atoms with Crippen LogP contribution in [-0.2, 0) is 4.79 Å². The first-order valence-electron chi connectivity index (χ1n) is 8.60. The van der Waals surface area contributed by atoms with Crippen molar-refractivity contribution in [2.45, 2.75) is 0 Å². The number of rotatable bonds is 8. The van der Waals surface area contributed by atoms with Gasteiger partial charge in [0.25, 0.3) is 5.91 Å². The van der Waals surface area contributed by atoms with Crippen molar-refractivity contribution in [3.63, 3.8) is 0 Å². The van der Waals surface area contributed by atoms with Crippen LogP contribution in [0.1, 0.15) is 5.69 Å². The smallest absolute Gasteiger partial charge is 0.277 e. The molecular formula is C21H21N3O4. The Balaban J connectivity index is 1.54. The maximum absolute atomic E-state index is 11.9. The van der Waals surface area contributed by atoms with Gasteiger partial charge in [0.1, 0.15) is 17.2 Å². The van der Waals surface area contributed by atoms with Crippen molar-refractivity contribution in [3.05, 3.63) is 72.6 Å².